The minimum Gasteiger partial charge on any atom is -0.382 e. The quantitative estimate of drug-likeness (QED) is 0.372. The van der Waals surface area contributed by atoms with Gasteiger partial charge in [0.25, 0.3) is 0 Å². The maximum atomic E-state index is 14.9. The molecule has 210 valence electrons. The van der Waals surface area contributed by atoms with Crippen LogP contribution in [0.25, 0.3) is 10.8 Å². The Morgan fingerprint density at radius 2 is 1.90 bits per heavy atom. The molecule has 0 bridgehead atoms. The molecule has 12 heteroatoms. The van der Waals surface area contributed by atoms with Crippen LogP contribution in [0.4, 0.5) is 27.7 Å². The molecule has 0 saturated carbocycles. The molecule has 2 saturated heterocycles. The van der Waals surface area contributed by atoms with Crippen LogP contribution in [-0.2, 0) is 19.3 Å². The van der Waals surface area contributed by atoms with Gasteiger partial charge in [-0.2, -0.15) is 4.98 Å². The molecule has 2 fully saturated rings. The predicted molar refractivity (Wildman–Crippen MR) is 150 cm³/mol. The lowest BCUT2D eigenvalue weighted by atomic mass is 9.90. The molecule has 0 aliphatic carbocycles. The number of hydrogen-bond acceptors (Lipinski definition) is 10. The number of sulfone groups is 1. The van der Waals surface area contributed by atoms with Crippen molar-refractivity contribution in [2.75, 3.05) is 67.1 Å². The molecule has 5 rings (SSSR count). The third kappa shape index (κ3) is 6.39. The average molecular weight is 559 g/mol. The molecule has 0 spiro atoms. The fourth-order valence-electron chi connectivity index (χ4n) is 5.32. The van der Waals surface area contributed by atoms with Crippen LogP contribution in [0.2, 0.25) is 0 Å². The largest absolute Gasteiger partial charge is 0.382 e. The lowest BCUT2D eigenvalue weighted by Gasteiger charge is -2.48. The molecule has 1 N–H and O–H groups in total. The molecular weight excluding hydrogens is 523 g/mol. The molecule has 0 unspecified atom stereocenters. The summed E-state index contributed by atoms with van der Waals surface area (Å²) in [6.07, 6.45) is 6.61. The number of aromatic nitrogens is 3. The normalized spacial score (nSPS) is 20.3. The van der Waals surface area contributed by atoms with Gasteiger partial charge < -0.3 is 24.6 Å². The molecular formula is C27H35FN6O4S. The van der Waals surface area contributed by atoms with Gasteiger partial charge in [-0.15, -0.1) is 0 Å². The molecule has 2 aliphatic heterocycles. The fourth-order valence-corrected chi connectivity index (χ4v) is 6.48. The van der Waals surface area contributed by atoms with Crippen molar-refractivity contribution in [3.05, 3.63) is 42.5 Å². The van der Waals surface area contributed by atoms with E-state index in [9.17, 15) is 12.8 Å². The van der Waals surface area contributed by atoms with Crippen LogP contribution < -0.4 is 15.1 Å². The van der Waals surface area contributed by atoms with E-state index in [0.29, 0.717) is 48.1 Å². The van der Waals surface area contributed by atoms with Crippen LogP contribution in [0.3, 0.4) is 0 Å². The number of halogens is 1. The van der Waals surface area contributed by atoms with E-state index in [4.69, 9.17) is 9.47 Å². The first-order valence-corrected chi connectivity index (χ1v) is 15.3. The summed E-state index contributed by atoms with van der Waals surface area (Å²) < 4.78 is 49.3. The Morgan fingerprint density at radius 3 is 2.62 bits per heavy atom. The second-order valence-corrected chi connectivity index (χ2v) is 12.5. The number of piperidine rings is 1. The zero-order chi connectivity index (χ0) is 27.6. The molecule has 2 atom stereocenters. The smallest absolute Gasteiger partial charge is 0.227 e. The number of methoxy groups -OCH3 is 1. The predicted octanol–water partition coefficient (Wildman–Crippen LogP) is 3.41. The first-order valence-electron chi connectivity index (χ1n) is 13.2. The van der Waals surface area contributed by atoms with E-state index >= 15 is 0 Å². The Kier molecular flexibility index (Phi) is 8.15. The number of pyridine rings is 1. The van der Waals surface area contributed by atoms with E-state index in [0.717, 1.165) is 31.6 Å². The van der Waals surface area contributed by atoms with E-state index in [2.05, 4.69) is 30.1 Å². The van der Waals surface area contributed by atoms with Gasteiger partial charge in [0.05, 0.1) is 25.1 Å². The summed E-state index contributed by atoms with van der Waals surface area (Å²) in [5.74, 6) is 1.52. The molecule has 0 amide bonds. The van der Waals surface area contributed by atoms with Crippen LogP contribution in [0.1, 0.15) is 19.8 Å². The topological polar surface area (TPSA) is 110 Å². The van der Waals surface area contributed by atoms with Crippen LogP contribution >= 0.6 is 0 Å². The monoisotopic (exact) mass is 558 g/mol. The van der Waals surface area contributed by atoms with Crippen molar-refractivity contribution < 1.29 is 22.3 Å². The van der Waals surface area contributed by atoms with Crippen LogP contribution in [0.15, 0.2) is 36.7 Å². The number of fused-ring (bicyclic) bond motifs is 1. The van der Waals surface area contributed by atoms with E-state index < -0.39 is 9.84 Å². The molecule has 10 nitrogen and oxygen atoms in total. The van der Waals surface area contributed by atoms with Crippen molar-refractivity contribution in [1.82, 2.24) is 15.0 Å². The second-order valence-electron chi connectivity index (χ2n) is 10.3. The summed E-state index contributed by atoms with van der Waals surface area (Å²) in [5, 5.41) is 4.31. The van der Waals surface area contributed by atoms with Gasteiger partial charge in [-0.05, 0) is 44.0 Å². The fraction of sp³-hybridized carbons (Fsp3) is 0.519. The Morgan fingerprint density at radius 1 is 1.10 bits per heavy atom. The number of anilines is 4. The Bertz CT molecular complexity index is 1420. The lowest BCUT2D eigenvalue weighted by molar-refractivity contribution is 0.00598. The molecule has 2 aromatic heterocycles. The maximum absolute atomic E-state index is 14.9. The minimum atomic E-state index is -3.06. The highest BCUT2D eigenvalue weighted by atomic mass is 32.2. The summed E-state index contributed by atoms with van der Waals surface area (Å²) in [5.41, 5.74) is 0.849. The zero-order valence-corrected chi connectivity index (χ0v) is 23.3. The highest BCUT2D eigenvalue weighted by molar-refractivity contribution is 7.90. The van der Waals surface area contributed by atoms with Crippen LogP contribution in [0, 0.1) is 11.7 Å². The van der Waals surface area contributed by atoms with Gasteiger partial charge in [0, 0.05) is 73.8 Å². The summed E-state index contributed by atoms with van der Waals surface area (Å²) in [6.45, 7) is 5.39. The van der Waals surface area contributed by atoms with Gasteiger partial charge in [-0.3, -0.25) is 0 Å². The van der Waals surface area contributed by atoms with E-state index in [-0.39, 0.29) is 29.6 Å². The van der Waals surface area contributed by atoms with Gasteiger partial charge in [-0.25, -0.2) is 22.8 Å². The number of benzene rings is 1. The van der Waals surface area contributed by atoms with E-state index in [1.165, 1.54) is 12.3 Å². The van der Waals surface area contributed by atoms with E-state index in [1.54, 1.807) is 37.7 Å². The van der Waals surface area contributed by atoms with Crippen molar-refractivity contribution >= 4 is 43.9 Å². The Hall–Kier alpha value is -3.09. The van der Waals surface area contributed by atoms with Gasteiger partial charge in [0.15, 0.2) is 0 Å². The Labute approximate surface area is 228 Å². The highest BCUT2D eigenvalue weighted by Gasteiger charge is 2.38. The number of nitrogens with zero attached hydrogens (tertiary/aromatic N) is 5. The molecule has 1 aromatic carbocycles. The van der Waals surface area contributed by atoms with Gasteiger partial charge in [-0.1, -0.05) is 0 Å². The summed E-state index contributed by atoms with van der Waals surface area (Å²) >= 11 is 0. The summed E-state index contributed by atoms with van der Waals surface area (Å²) in [6, 6.07) is 6.66. The minimum absolute atomic E-state index is 0.0348. The van der Waals surface area contributed by atoms with Crippen LogP contribution in [0.5, 0.6) is 0 Å². The SMILES string of the molecule is COCCOC1CCN(c2nccc(Nc3cc4c(F)ccc(N5C[C@H](CS(C)(=O)=O)[C@H]5C)c4cn3)n2)CC1. The van der Waals surface area contributed by atoms with Gasteiger partial charge in [0.2, 0.25) is 5.95 Å². The summed E-state index contributed by atoms with van der Waals surface area (Å²) in [7, 11) is -1.39. The van der Waals surface area contributed by atoms with E-state index in [1.807, 2.05) is 6.92 Å². The first-order chi connectivity index (χ1) is 18.7. The van der Waals surface area contributed by atoms with Gasteiger partial charge >= 0.3 is 0 Å². The third-order valence-corrected chi connectivity index (χ3v) is 8.55. The lowest BCUT2D eigenvalue weighted by Crippen LogP contribution is -2.57. The number of rotatable bonds is 10. The number of ether oxygens (including phenoxy) is 2. The molecule has 4 heterocycles. The number of nitrogens with one attached hydrogen (secondary N) is 1. The highest BCUT2D eigenvalue weighted by Crippen LogP contribution is 2.37. The molecule has 3 aromatic rings. The van der Waals surface area contributed by atoms with Crippen LogP contribution in [-0.4, -0.2) is 87.5 Å². The summed E-state index contributed by atoms with van der Waals surface area (Å²) in [4.78, 5) is 17.9. The molecule has 0 radical (unpaired) electrons. The standard InChI is InChI=1S/C27H35FN6O4S/c1-18-19(17-39(3,35)36)16-34(18)24-5-4-23(28)21-14-26(30-15-22(21)24)31-25-6-9-29-27(32-25)33-10-7-20(8-11-33)38-13-12-37-2/h4-6,9,14-15,18-20H,7-8,10-13,16-17H2,1-3H3,(H,29,30,31,32)/t18-,19-/m1/s1. The molecule has 2 aliphatic rings. The van der Waals surface area contributed by atoms with Crippen molar-refractivity contribution in [3.8, 4) is 0 Å². The van der Waals surface area contributed by atoms with Crippen molar-refractivity contribution in [2.45, 2.75) is 31.9 Å². The maximum Gasteiger partial charge on any atom is 0.227 e. The zero-order valence-electron chi connectivity index (χ0n) is 22.5. The molecule has 39 heavy (non-hydrogen) atoms. The second kappa shape index (κ2) is 11.6. The van der Waals surface area contributed by atoms with Gasteiger partial charge in [0.1, 0.15) is 27.3 Å². The third-order valence-electron chi connectivity index (χ3n) is 7.52. The van der Waals surface area contributed by atoms with Crippen molar-refractivity contribution in [3.63, 3.8) is 0 Å². The van der Waals surface area contributed by atoms with Crippen molar-refractivity contribution in [1.29, 1.82) is 0 Å². The van der Waals surface area contributed by atoms with Crippen molar-refractivity contribution in [2.24, 2.45) is 5.92 Å². The number of hydrogen-bond donors (Lipinski definition) is 1. The first kappa shape index (κ1) is 27.5. The Balaban J connectivity index is 1.27. The average Bonchev–Trinajstić information content (AvgIpc) is 2.92.